The van der Waals surface area contributed by atoms with E-state index in [0.717, 1.165) is 35.4 Å². The Morgan fingerprint density at radius 3 is 3.00 bits per heavy atom. The van der Waals surface area contributed by atoms with E-state index in [1.165, 1.54) is 10.4 Å². The molecule has 0 saturated carbocycles. The zero-order valence-electron chi connectivity index (χ0n) is 11.7. The third-order valence-corrected chi connectivity index (χ3v) is 5.18. The number of nitrogens with zero attached hydrogens (tertiary/aromatic N) is 3. The Bertz CT molecular complexity index is 666. The first-order valence-electron chi connectivity index (χ1n) is 6.83. The molecule has 6 heteroatoms. The number of amides is 1. The Morgan fingerprint density at radius 2 is 2.25 bits per heavy atom. The summed E-state index contributed by atoms with van der Waals surface area (Å²) in [6.45, 7) is 5.80. The van der Waals surface area contributed by atoms with Gasteiger partial charge in [-0.3, -0.25) is 4.79 Å². The quantitative estimate of drug-likeness (QED) is 0.918. The summed E-state index contributed by atoms with van der Waals surface area (Å²) in [5, 5.41) is 1.13. The van der Waals surface area contributed by atoms with Gasteiger partial charge in [-0.25, -0.2) is 9.97 Å². The number of carbonyl (C=O) groups excluding carboxylic acids is 1. The van der Waals surface area contributed by atoms with Gasteiger partial charge in [0, 0.05) is 18.0 Å². The van der Waals surface area contributed by atoms with Crippen LogP contribution in [-0.2, 0) is 4.79 Å². The van der Waals surface area contributed by atoms with Crippen LogP contribution in [0.1, 0.15) is 23.3 Å². The Balaban J connectivity index is 2.03. The van der Waals surface area contributed by atoms with Crippen molar-refractivity contribution < 1.29 is 4.79 Å². The zero-order valence-corrected chi connectivity index (χ0v) is 12.5. The Kier molecular flexibility index (Phi) is 3.33. The molecule has 0 aromatic carbocycles. The zero-order chi connectivity index (χ0) is 14.3. The average Bonchev–Trinajstić information content (AvgIpc) is 2.74. The van der Waals surface area contributed by atoms with Gasteiger partial charge in [-0.1, -0.05) is 0 Å². The van der Waals surface area contributed by atoms with E-state index in [9.17, 15) is 4.79 Å². The van der Waals surface area contributed by atoms with E-state index in [1.807, 2.05) is 0 Å². The Morgan fingerprint density at radius 1 is 1.45 bits per heavy atom. The number of nitrogens with two attached hydrogens (primary N) is 1. The highest BCUT2D eigenvalue weighted by atomic mass is 32.1. The number of rotatable bonds is 2. The lowest BCUT2D eigenvalue weighted by molar-refractivity contribution is -0.122. The number of aryl methyl sites for hydroxylation is 2. The van der Waals surface area contributed by atoms with E-state index >= 15 is 0 Å². The van der Waals surface area contributed by atoms with Gasteiger partial charge in [0.25, 0.3) is 0 Å². The predicted octanol–water partition coefficient (Wildman–Crippen LogP) is 2.01. The maximum absolute atomic E-state index is 11.4. The second-order valence-corrected chi connectivity index (χ2v) is 6.55. The summed E-state index contributed by atoms with van der Waals surface area (Å²) in [5.41, 5.74) is 6.70. The standard InChI is InChI=1S/C14H18N4OS/c1-8-9(2)20-14-11(8)13(16-7-17-14)18-5-3-4-10(6-18)12(15)19/h7,10H,3-6H2,1-2H3,(H2,15,19). The number of fused-ring (bicyclic) bond motifs is 1. The molecule has 3 rings (SSSR count). The molecule has 1 aliphatic heterocycles. The van der Waals surface area contributed by atoms with Crippen molar-refractivity contribution in [3.63, 3.8) is 0 Å². The number of primary amides is 1. The van der Waals surface area contributed by atoms with Gasteiger partial charge >= 0.3 is 0 Å². The Hall–Kier alpha value is -1.69. The second kappa shape index (κ2) is 5.01. The molecule has 0 bridgehead atoms. The molecule has 1 amide bonds. The smallest absolute Gasteiger partial charge is 0.222 e. The van der Waals surface area contributed by atoms with Gasteiger partial charge < -0.3 is 10.6 Å². The second-order valence-electron chi connectivity index (χ2n) is 5.35. The van der Waals surface area contributed by atoms with Crippen LogP contribution in [0.2, 0.25) is 0 Å². The van der Waals surface area contributed by atoms with Gasteiger partial charge in [0.15, 0.2) is 0 Å². The summed E-state index contributed by atoms with van der Waals surface area (Å²) >= 11 is 1.69. The van der Waals surface area contributed by atoms with Gasteiger partial charge in [-0.05, 0) is 32.3 Å². The lowest BCUT2D eigenvalue weighted by Gasteiger charge is -2.32. The third-order valence-electron chi connectivity index (χ3n) is 4.07. The molecular formula is C14H18N4OS. The van der Waals surface area contributed by atoms with Crippen LogP contribution in [-0.4, -0.2) is 29.0 Å². The van der Waals surface area contributed by atoms with Gasteiger partial charge in [0.2, 0.25) is 5.91 Å². The van der Waals surface area contributed by atoms with E-state index in [0.29, 0.717) is 6.54 Å². The fourth-order valence-electron chi connectivity index (χ4n) is 2.81. The summed E-state index contributed by atoms with van der Waals surface area (Å²) in [6.07, 6.45) is 3.46. The minimum Gasteiger partial charge on any atom is -0.369 e. The molecule has 1 aliphatic rings. The number of carbonyl (C=O) groups is 1. The summed E-state index contributed by atoms with van der Waals surface area (Å²) in [7, 11) is 0. The van der Waals surface area contributed by atoms with Crippen LogP contribution < -0.4 is 10.6 Å². The lowest BCUT2D eigenvalue weighted by Crippen LogP contribution is -2.41. The van der Waals surface area contributed by atoms with Crippen LogP contribution in [0, 0.1) is 19.8 Å². The number of anilines is 1. The number of thiophene rings is 1. The molecule has 2 aromatic rings. The van der Waals surface area contributed by atoms with E-state index in [4.69, 9.17) is 5.73 Å². The number of piperidine rings is 1. The van der Waals surface area contributed by atoms with Crippen molar-refractivity contribution in [1.29, 1.82) is 0 Å². The van der Waals surface area contributed by atoms with Crippen molar-refractivity contribution in [2.45, 2.75) is 26.7 Å². The first kappa shape index (κ1) is 13.3. The summed E-state index contributed by atoms with van der Waals surface area (Å²) in [4.78, 5) is 24.7. The van der Waals surface area contributed by atoms with E-state index in [-0.39, 0.29) is 11.8 Å². The van der Waals surface area contributed by atoms with E-state index in [1.54, 1.807) is 17.7 Å². The molecule has 1 atom stereocenters. The summed E-state index contributed by atoms with van der Waals surface area (Å²) in [5.74, 6) is 0.662. The van der Waals surface area contributed by atoms with E-state index < -0.39 is 0 Å². The number of hydrogen-bond acceptors (Lipinski definition) is 5. The third kappa shape index (κ3) is 2.14. The molecule has 3 heterocycles. The molecule has 1 unspecified atom stereocenters. The molecular weight excluding hydrogens is 272 g/mol. The normalized spacial score (nSPS) is 19.5. The van der Waals surface area contributed by atoms with Crippen molar-refractivity contribution in [1.82, 2.24) is 9.97 Å². The predicted molar refractivity (Wildman–Crippen MR) is 81.0 cm³/mol. The summed E-state index contributed by atoms with van der Waals surface area (Å²) in [6, 6.07) is 0. The van der Waals surface area contributed by atoms with Crippen LogP contribution in [0.3, 0.4) is 0 Å². The molecule has 20 heavy (non-hydrogen) atoms. The molecule has 2 aromatic heterocycles. The minimum atomic E-state index is -0.210. The molecule has 1 fully saturated rings. The minimum absolute atomic E-state index is 0.0752. The van der Waals surface area contributed by atoms with Crippen LogP contribution in [0.25, 0.3) is 10.2 Å². The van der Waals surface area contributed by atoms with Crippen molar-refractivity contribution in [3.8, 4) is 0 Å². The van der Waals surface area contributed by atoms with Crippen molar-refractivity contribution in [3.05, 3.63) is 16.8 Å². The molecule has 0 spiro atoms. The lowest BCUT2D eigenvalue weighted by atomic mass is 9.97. The SMILES string of the molecule is Cc1sc2ncnc(N3CCCC(C(N)=O)C3)c2c1C. The van der Waals surface area contributed by atoms with Crippen LogP contribution >= 0.6 is 11.3 Å². The molecule has 5 nitrogen and oxygen atoms in total. The van der Waals surface area contributed by atoms with Gasteiger partial charge in [-0.2, -0.15) is 0 Å². The van der Waals surface area contributed by atoms with E-state index in [2.05, 4.69) is 28.7 Å². The largest absolute Gasteiger partial charge is 0.369 e. The Labute approximate surface area is 121 Å². The maximum Gasteiger partial charge on any atom is 0.222 e. The average molecular weight is 290 g/mol. The number of aromatic nitrogens is 2. The first-order valence-corrected chi connectivity index (χ1v) is 7.64. The van der Waals surface area contributed by atoms with Gasteiger partial charge in [0.05, 0.1) is 11.3 Å². The molecule has 2 N–H and O–H groups in total. The maximum atomic E-state index is 11.4. The molecule has 106 valence electrons. The fourth-order valence-corrected chi connectivity index (χ4v) is 3.80. The first-order chi connectivity index (χ1) is 9.58. The highest BCUT2D eigenvalue weighted by molar-refractivity contribution is 7.18. The number of hydrogen-bond donors (Lipinski definition) is 1. The van der Waals surface area contributed by atoms with Gasteiger partial charge in [-0.15, -0.1) is 11.3 Å². The van der Waals surface area contributed by atoms with Crippen LogP contribution in [0.5, 0.6) is 0 Å². The molecule has 1 saturated heterocycles. The van der Waals surface area contributed by atoms with Crippen LogP contribution in [0.15, 0.2) is 6.33 Å². The highest BCUT2D eigenvalue weighted by Crippen LogP contribution is 2.35. The molecule has 0 radical (unpaired) electrons. The van der Waals surface area contributed by atoms with Crippen molar-refractivity contribution in [2.24, 2.45) is 11.7 Å². The highest BCUT2D eigenvalue weighted by Gasteiger charge is 2.26. The van der Waals surface area contributed by atoms with Gasteiger partial charge in [0.1, 0.15) is 17.0 Å². The molecule has 0 aliphatic carbocycles. The topological polar surface area (TPSA) is 72.1 Å². The van der Waals surface area contributed by atoms with Crippen LogP contribution in [0.4, 0.5) is 5.82 Å². The summed E-state index contributed by atoms with van der Waals surface area (Å²) < 4.78 is 0. The van der Waals surface area contributed by atoms with Crippen molar-refractivity contribution >= 4 is 33.3 Å². The fraction of sp³-hybridized carbons (Fsp3) is 0.500. The monoisotopic (exact) mass is 290 g/mol. The van der Waals surface area contributed by atoms with Crippen molar-refractivity contribution in [2.75, 3.05) is 18.0 Å².